The minimum atomic E-state index is -0.721. The molecule has 2 heterocycles. The minimum absolute atomic E-state index is 0.139. The summed E-state index contributed by atoms with van der Waals surface area (Å²) in [6.45, 7) is 5.82. The summed E-state index contributed by atoms with van der Waals surface area (Å²) >= 11 is 0. The van der Waals surface area contributed by atoms with Gasteiger partial charge in [-0.3, -0.25) is 9.59 Å². The van der Waals surface area contributed by atoms with Crippen LogP contribution in [0.3, 0.4) is 0 Å². The number of nitrogens with one attached hydrogen (secondary N) is 1. The molecule has 3 aliphatic rings. The third kappa shape index (κ3) is 2.39. The van der Waals surface area contributed by atoms with Gasteiger partial charge in [0.1, 0.15) is 6.10 Å². The van der Waals surface area contributed by atoms with Crippen LogP contribution in [0, 0.1) is 6.92 Å². The average molecular weight is 413 g/mol. The molecule has 2 aliphatic heterocycles. The van der Waals surface area contributed by atoms with E-state index in [2.05, 4.69) is 5.32 Å². The Hall–Kier alpha value is -3.02. The highest BCUT2D eigenvalue weighted by Crippen LogP contribution is 2.49. The van der Waals surface area contributed by atoms with Gasteiger partial charge in [0.25, 0.3) is 0 Å². The zero-order valence-corrected chi connectivity index (χ0v) is 17.7. The number of carbonyl (C=O) groups is 2. The van der Waals surface area contributed by atoms with E-state index in [0.717, 1.165) is 21.9 Å². The van der Waals surface area contributed by atoms with Crippen LogP contribution in [-0.2, 0) is 4.74 Å². The number of aryl methyl sites for hydroxylation is 1. The fraction of sp³-hybridized carbons (Fsp3) is 0.308. The number of aliphatic hydroxyl groups excluding tert-OH is 1. The van der Waals surface area contributed by atoms with Crippen LogP contribution in [0.15, 0.2) is 42.5 Å². The molecule has 31 heavy (non-hydrogen) atoms. The Morgan fingerprint density at radius 1 is 1.03 bits per heavy atom. The average Bonchev–Trinajstić information content (AvgIpc) is 2.74. The first kappa shape index (κ1) is 18.7. The number of anilines is 1. The molecule has 2 bridgehead atoms. The smallest absolute Gasteiger partial charge is 0.196 e. The van der Waals surface area contributed by atoms with Gasteiger partial charge in [0.15, 0.2) is 11.6 Å². The highest BCUT2D eigenvalue weighted by Gasteiger charge is 2.50. The zero-order valence-electron chi connectivity index (χ0n) is 17.7. The van der Waals surface area contributed by atoms with Crippen LogP contribution in [-0.4, -0.2) is 34.4 Å². The Kier molecular flexibility index (Phi) is 3.64. The van der Waals surface area contributed by atoms with Crippen LogP contribution in [0.1, 0.15) is 69.3 Å². The van der Waals surface area contributed by atoms with E-state index >= 15 is 0 Å². The Labute approximate surface area is 180 Å². The van der Waals surface area contributed by atoms with Gasteiger partial charge in [-0.25, -0.2) is 0 Å². The summed E-state index contributed by atoms with van der Waals surface area (Å²) in [6, 6.07) is 13.2. The molecule has 0 unspecified atom stereocenters. The first-order chi connectivity index (χ1) is 14.8. The van der Waals surface area contributed by atoms with Crippen LogP contribution in [0.25, 0.3) is 10.8 Å². The maximum atomic E-state index is 13.7. The first-order valence-electron chi connectivity index (χ1n) is 10.7. The molecule has 5 nitrogen and oxygen atoms in total. The summed E-state index contributed by atoms with van der Waals surface area (Å²) in [6.07, 6.45) is -0.670. The molecular weight excluding hydrogens is 390 g/mol. The number of aliphatic hydroxyl groups is 1. The molecule has 3 aromatic carbocycles. The van der Waals surface area contributed by atoms with Crippen molar-refractivity contribution in [3.05, 3.63) is 75.8 Å². The van der Waals surface area contributed by atoms with Crippen LogP contribution < -0.4 is 5.32 Å². The Morgan fingerprint density at radius 2 is 1.74 bits per heavy atom. The lowest BCUT2D eigenvalue weighted by Crippen LogP contribution is -2.59. The monoisotopic (exact) mass is 413 g/mol. The normalized spacial score (nSPS) is 28.6. The fourth-order valence-electron chi connectivity index (χ4n) is 5.60. The van der Waals surface area contributed by atoms with Gasteiger partial charge in [-0.2, -0.15) is 0 Å². The van der Waals surface area contributed by atoms with Gasteiger partial charge >= 0.3 is 0 Å². The van der Waals surface area contributed by atoms with E-state index in [1.807, 2.05) is 51.1 Å². The number of hydrogen-bond acceptors (Lipinski definition) is 5. The predicted molar refractivity (Wildman–Crippen MR) is 118 cm³/mol. The summed E-state index contributed by atoms with van der Waals surface area (Å²) in [5.41, 5.74) is 3.67. The first-order valence-corrected chi connectivity index (χ1v) is 10.7. The quantitative estimate of drug-likeness (QED) is 0.449. The third-order valence-corrected chi connectivity index (χ3v) is 7.20. The highest BCUT2D eigenvalue weighted by atomic mass is 16.5. The van der Waals surface area contributed by atoms with Crippen molar-refractivity contribution in [2.24, 2.45) is 0 Å². The predicted octanol–water partition coefficient (Wildman–Crippen LogP) is 4.32. The van der Waals surface area contributed by atoms with Gasteiger partial charge < -0.3 is 15.2 Å². The van der Waals surface area contributed by atoms with Crippen molar-refractivity contribution in [2.45, 2.75) is 51.0 Å². The van der Waals surface area contributed by atoms with Gasteiger partial charge in [-0.05, 0) is 43.7 Å². The summed E-state index contributed by atoms with van der Waals surface area (Å²) in [4.78, 5) is 27.3. The molecule has 0 spiro atoms. The zero-order chi connectivity index (χ0) is 21.7. The summed E-state index contributed by atoms with van der Waals surface area (Å²) in [5, 5.41) is 15.9. The molecule has 3 aromatic rings. The van der Waals surface area contributed by atoms with E-state index in [4.69, 9.17) is 4.74 Å². The van der Waals surface area contributed by atoms with Gasteiger partial charge in [0.2, 0.25) is 0 Å². The SMILES string of the molecule is Cc1ccc2c3c(ccc2c1)C(=O)c1c(ccc2c1N[C@@]1(C)C[C@@H]2O[C@H](C)[C@H]1O)C3=O. The maximum Gasteiger partial charge on any atom is 0.196 e. The van der Waals surface area contributed by atoms with Crippen molar-refractivity contribution in [2.75, 3.05) is 5.32 Å². The van der Waals surface area contributed by atoms with Crippen molar-refractivity contribution in [1.82, 2.24) is 0 Å². The number of hydrogen-bond donors (Lipinski definition) is 2. The molecule has 4 atom stereocenters. The van der Waals surface area contributed by atoms with Crippen molar-refractivity contribution < 1.29 is 19.4 Å². The molecule has 5 heteroatoms. The molecule has 1 saturated heterocycles. The van der Waals surface area contributed by atoms with E-state index in [1.165, 1.54) is 0 Å². The fourth-order valence-corrected chi connectivity index (χ4v) is 5.60. The molecular formula is C26H23NO4. The number of ketones is 2. The van der Waals surface area contributed by atoms with E-state index in [1.54, 1.807) is 12.1 Å². The number of ether oxygens (including phenoxy) is 1. The number of carbonyl (C=O) groups excluding carboxylic acids is 2. The van der Waals surface area contributed by atoms with Crippen molar-refractivity contribution in [3.63, 3.8) is 0 Å². The minimum Gasteiger partial charge on any atom is -0.388 e. The second kappa shape index (κ2) is 6.02. The molecule has 1 fully saturated rings. The number of rotatable bonds is 0. The van der Waals surface area contributed by atoms with Gasteiger partial charge in [-0.1, -0.05) is 35.9 Å². The molecule has 1 aliphatic carbocycles. The van der Waals surface area contributed by atoms with Crippen molar-refractivity contribution in [3.8, 4) is 0 Å². The molecule has 156 valence electrons. The van der Waals surface area contributed by atoms with Crippen molar-refractivity contribution in [1.29, 1.82) is 0 Å². The number of fused-ring (bicyclic) bond motifs is 9. The van der Waals surface area contributed by atoms with E-state index in [9.17, 15) is 14.7 Å². The Bertz CT molecular complexity index is 1330. The largest absolute Gasteiger partial charge is 0.388 e. The summed E-state index contributed by atoms with van der Waals surface area (Å²) < 4.78 is 6.07. The molecule has 0 aromatic heterocycles. The van der Waals surface area contributed by atoms with E-state index in [-0.39, 0.29) is 23.8 Å². The lowest BCUT2D eigenvalue weighted by atomic mass is 9.73. The number of benzene rings is 3. The maximum absolute atomic E-state index is 13.7. The van der Waals surface area contributed by atoms with Crippen LogP contribution in [0.2, 0.25) is 0 Å². The molecule has 6 rings (SSSR count). The van der Waals surface area contributed by atoms with Crippen LogP contribution >= 0.6 is 0 Å². The Balaban J connectivity index is 1.59. The summed E-state index contributed by atoms with van der Waals surface area (Å²) in [7, 11) is 0. The van der Waals surface area contributed by atoms with Crippen LogP contribution in [0.5, 0.6) is 0 Å². The van der Waals surface area contributed by atoms with E-state index < -0.39 is 11.6 Å². The third-order valence-electron chi connectivity index (χ3n) is 7.20. The van der Waals surface area contributed by atoms with E-state index in [0.29, 0.717) is 34.4 Å². The molecule has 0 saturated carbocycles. The second-order valence-electron chi connectivity index (χ2n) is 9.34. The standard InChI is InChI=1S/C26H23NO4/c1-12-4-6-15-14(10-12)5-7-17-20(15)23(28)18-9-8-16-19-11-26(3,25(30)13(2)31-19)27-22(16)21(18)24(17)29/h4-10,13,19,25,27,30H,11H2,1-3H3/t13-,19+,25-,26+/m1/s1. The van der Waals surface area contributed by atoms with Gasteiger partial charge in [-0.15, -0.1) is 0 Å². The highest BCUT2D eigenvalue weighted by molar-refractivity contribution is 6.33. The molecule has 0 amide bonds. The molecule has 2 N–H and O–H groups in total. The Morgan fingerprint density at radius 3 is 2.55 bits per heavy atom. The lowest BCUT2D eigenvalue weighted by molar-refractivity contribution is -0.142. The molecule has 0 radical (unpaired) electrons. The second-order valence-corrected chi connectivity index (χ2v) is 9.34. The van der Waals surface area contributed by atoms with Crippen molar-refractivity contribution >= 4 is 28.0 Å². The van der Waals surface area contributed by atoms with Gasteiger partial charge in [0, 0.05) is 28.7 Å². The lowest BCUT2D eigenvalue weighted by Gasteiger charge is -2.51. The summed E-state index contributed by atoms with van der Waals surface area (Å²) in [5.74, 6) is -0.304. The van der Waals surface area contributed by atoms with Crippen LogP contribution in [0.4, 0.5) is 5.69 Å². The topological polar surface area (TPSA) is 75.6 Å². The van der Waals surface area contributed by atoms with Gasteiger partial charge in [0.05, 0.1) is 29.0 Å².